The van der Waals surface area contributed by atoms with Crippen molar-refractivity contribution in [3.05, 3.63) is 53.1 Å². The number of anilines is 1. The van der Waals surface area contributed by atoms with Crippen LogP contribution >= 0.6 is 0 Å². The highest BCUT2D eigenvalue weighted by atomic mass is 16.5. The van der Waals surface area contributed by atoms with Crippen LogP contribution in [-0.4, -0.2) is 0 Å². The fraction of sp³-hybridized carbons (Fsp3) is 0.0667. The number of nitriles is 2. The molecule has 0 aliphatic carbocycles. The number of hydrogen-bond acceptors (Lipinski definition) is 4. The molecule has 0 fully saturated rings. The molecule has 0 atom stereocenters. The largest absolute Gasteiger partial charge is 0.454 e. The van der Waals surface area contributed by atoms with E-state index in [1.165, 1.54) is 6.07 Å². The van der Waals surface area contributed by atoms with Gasteiger partial charge in [0.2, 0.25) is 0 Å². The molecule has 19 heavy (non-hydrogen) atoms. The van der Waals surface area contributed by atoms with Crippen molar-refractivity contribution in [3.8, 4) is 23.6 Å². The molecule has 0 aromatic heterocycles. The van der Waals surface area contributed by atoms with E-state index in [1.807, 2.05) is 19.1 Å². The normalized spacial score (nSPS) is 9.42. The molecule has 4 heteroatoms. The van der Waals surface area contributed by atoms with Crippen molar-refractivity contribution >= 4 is 5.69 Å². The summed E-state index contributed by atoms with van der Waals surface area (Å²) in [7, 11) is 0. The Balaban J connectivity index is 2.40. The van der Waals surface area contributed by atoms with E-state index >= 15 is 0 Å². The van der Waals surface area contributed by atoms with Gasteiger partial charge < -0.3 is 10.5 Å². The van der Waals surface area contributed by atoms with E-state index in [2.05, 4.69) is 6.07 Å². The molecule has 2 aromatic rings. The zero-order chi connectivity index (χ0) is 13.8. The van der Waals surface area contributed by atoms with E-state index in [1.54, 1.807) is 24.3 Å². The molecule has 0 heterocycles. The van der Waals surface area contributed by atoms with Crippen molar-refractivity contribution in [2.24, 2.45) is 0 Å². The van der Waals surface area contributed by atoms with E-state index in [9.17, 15) is 0 Å². The zero-order valence-corrected chi connectivity index (χ0v) is 10.3. The first-order valence-corrected chi connectivity index (χ1v) is 5.62. The lowest BCUT2D eigenvalue weighted by Crippen LogP contribution is -1.95. The molecule has 2 N–H and O–H groups in total. The Morgan fingerprint density at radius 2 is 1.79 bits per heavy atom. The minimum Gasteiger partial charge on any atom is -0.454 e. The monoisotopic (exact) mass is 249 g/mol. The number of hydrogen-bond donors (Lipinski definition) is 1. The van der Waals surface area contributed by atoms with Gasteiger partial charge in [-0.2, -0.15) is 10.5 Å². The van der Waals surface area contributed by atoms with Crippen LogP contribution in [0.25, 0.3) is 0 Å². The highest BCUT2D eigenvalue weighted by molar-refractivity contribution is 5.59. The zero-order valence-electron chi connectivity index (χ0n) is 10.3. The van der Waals surface area contributed by atoms with Crippen molar-refractivity contribution in [1.82, 2.24) is 0 Å². The van der Waals surface area contributed by atoms with Crippen molar-refractivity contribution in [2.45, 2.75) is 6.92 Å². The summed E-state index contributed by atoms with van der Waals surface area (Å²) in [6.07, 6.45) is 0. The number of aryl methyl sites for hydroxylation is 1. The van der Waals surface area contributed by atoms with Crippen LogP contribution in [0.3, 0.4) is 0 Å². The van der Waals surface area contributed by atoms with Gasteiger partial charge in [0.1, 0.15) is 17.6 Å². The van der Waals surface area contributed by atoms with E-state index in [0.29, 0.717) is 28.3 Å². The molecule has 4 nitrogen and oxygen atoms in total. The molecular weight excluding hydrogens is 238 g/mol. The molecular formula is C15H11N3O. The third-order valence-corrected chi connectivity index (χ3v) is 2.62. The third kappa shape index (κ3) is 2.65. The second-order valence-corrected chi connectivity index (χ2v) is 4.08. The Morgan fingerprint density at radius 3 is 2.42 bits per heavy atom. The molecule has 0 spiro atoms. The molecule has 0 radical (unpaired) electrons. The van der Waals surface area contributed by atoms with Crippen LogP contribution in [0.15, 0.2) is 36.4 Å². The van der Waals surface area contributed by atoms with Gasteiger partial charge in [-0.1, -0.05) is 6.07 Å². The molecule has 92 valence electrons. The summed E-state index contributed by atoms with van der Waals surface area (Å²) in [5.74, 6) is 0.889. The average molecular weight is 249 g/mol. The van der Waals surface area contributed by atoms with Crippen LogP contribution in [0.5, 0.6) is 11.5 Å². The lowest BCUT2D eigenvalue weighted by atomic mass is 10.1. The van der Waals surface area contributed by atoms with Gasteiger partial charge in [0.25, 0.3) is 0 Å². The molecule has 0 aliphatic rings. The van der Waals surface area contributed by atoms with Crippen LogP contribution in [-0.2, 0) is 0 Å². The first-order chi connectivity index (χ1) is 9.13. The van der Waals surface area contributed by atoms with Crippen LogP contribution < -0.4 is 10.5 Å². The van der Waals surface area contributed by atoms with Crippen molar-refractivity contribution in [1.29, 1.82) is 10.5 Å². The highest BCUT2D eigenvalue weighted by Gasteiger charge is 2.08. The van der Waals surface area contributed by atoms with Crippen molar-refractivity contribution < 1.29 is 4.74 Å². The smallest absolute Gasteiger partial charge is 0.150 e. The van der Waals surface area contributed by atoms with Crippen LogP contribution in [0.4, 0.5) is 5.69 Å². The Bertz CT molecular complexity index is 708. The topological polar surface area (TPSA) is 82.8 Å². The Morgan fingerprint density at radius 1 is 1.00 bits per heavy atom. The quantitative estimate of drug-likeness (QED) is 0.829. The van der Waals surface area contributed by atoms with Crippen LogP contribution in [0.2, 0.25) is 0 Å². The number of benzene rings is 2. The first kappa shape index (κ1) is 12.5. The molecule has 0 unspecified atom stereocenters. The lowest BCUT2D eigenvalue weighted by Gasteiger charge is -2.10. The maximum atomic E-state index is 9.03. The average Bonchev–Trinajstić information content (AvgIpc) is 2.41. The van der Waals surface area contributed by atoms with E-state index < -0.39 is 0 Å². The standard InChI is InChI=1S/C15H11N3O/c1-10-2-4-12(9-17)15(6-10)19-14-5-3-11(8-16)7-13(14)18/h2-7H,18H2,1H3. The van der Waals surface area contributed by atoms with Gasteiger partial charge >= 0.3 is 0 Å². The fourth-order valence-electron chi connectivity index (χ4n) is 1.64. The summed E-state index contributed by atoms with van der Waals surface area (Å²) in [6.45, 7) is 1.91. The van der Waals surface area contributed by atoms with E-state index in [4.69, 9.17) is 21.0 Å². The molecule has 0 saturated heterocycles. The predicted octanol–water partition coefficient (Wildman–Crippen LogP) is 3.11. The van der Waals surface area contributed by atoms with Gasteiger partial charge in [0.05, 0.1) is 22.9 Å². The SMILES string of the molecule is Cc1ccc(C#N)c(Oc2ccc(C#N)cc2N)c1. The maximum absolute atomic E-state index is 9.03. The summed E-state index contributed by atoms with van der Waals surface area (Å²) in [5, 5.41) is 17.8. The van der Waals surface area contributed by atoms with Gasteiger partial charge in [-0.25, -0.2) is 0 Å². The molecule has 0 amide bonds. The van der Waals surface area contributed by atoms with Crippen molar-refractivity contribution in [3.63, 3.8) is 0 Å². The van der Waals surface area contributed by atoms with Crippen LogP contribution in [0.1, 0.15) is 16.7 Å². The van der Waals surface area contributed by atoms with Crippen molar-refractivity contribution in [2.75, 3.05) is 5.73 Å². The van der Waals surface area contributed by atoms with Gasteiger partial charge in [-0.15, -0.1) is 0 Å². The van der Waals surface area contributed by atoms with Gasteiger partial charge in [-0.3, -0.25) is 0 Å². The first-order valence-electron chi connectivity index (χ1n) is 5.62. The number of nitrogen functional groups attached to an aromatic ring is 1. The van der Waals surface area contributed by atoms with Gasteiger partial charge in [-0.05, 0) is 42.8 Å². The fourth-order valence-corrected chi connectivity index (χ4v) is 1.64. The summed E-state index contributed by atoms with van der Waals surface area (Å²) in [5.41, 5.74) is 8.07. The summed E-state index contributed by atoms with van der Waals surface area (Å²) >= 11 is 0. The Kier molecular flexibility index (Phi) is 3.36. The van der Waals surface area contributed by atoms with E-state index in [-0.39, 0.29) is 0 Å². The molecule has 2 aromatic carbocycles. The minimum atomic E-state index is 0.365. The van der Waals surface area contributed by atoms with E-state index in [0.717, 1.165) is 5.56 Å². The molecule has 0 bridgehead atoms. The molecule has 2 rings (SSSR count). The summed E-state index contributed by atoms with van der Waals surface area (Å²) in [4.78, 5) is 0. The molecule has 0 aliphatic heterocycles. The number of nitrogens with zero attached hydrogens (tertiary/aromatic N) is 2. The predicted molar refractivity (Wildman–Crippen MR) is 71.5 cm³/mol. The van der Waals surface area contributed by atoms with Gasteiger partial charge in [0, 0.05) is 0 Å². The lowest BCUT2D eigenvalue weighted by molar-refractivity contribution is 0.483. The minimum absolute atomic E-state index is 0.365. The Labute approximate surface area is 111 Å². The van der Waals surface area contributed by atoms with Crippen LogP contribution in [0, 0.1) is 29.6 Å². The summed E-state index contributed by atoms with van der Waals surface area (Å²) < 4.78 is 5.65. The maximum Gasteiger partial charge on any atom is 0.150 e. The molecule has 0 saturated carbocycles. The number of nitrogens with two attached hydrogens (primary N) is 1. The second-order valence-electron chi connectivity index (χ2n) is 4.08. The number of ether oxygens (including phenoxy) is 1. The van der Waals surface area contributed by atoms with Gasteiger partial charge in [0.15, 0.2) is 0 Å². The summed E-state index contributed by atoms with van der Waals surface area (Å²) in [6, 6.07) is 14.2. The number of rotatable bonds is 2. The second kappa shape index (κ2) is 5.12. The Hall–Kier alpha value is -2.98. The highest BCUT2D eigenvalue weighted by Crippen LogP contribution is 2.30. The third-order valence-electron chi connectivity index (χ3n) is 2.62.